The van der Waals surface area contributed by atoms with E-state index in [-0.39, 0.29) is 23.8 Å². The van der Waals surface area contributed by atoms with Crippen LogP contribution in [0.1, 0.15) is 74.2 Å². The normalized spacial score (nSPS) is 23.0. The standard InChI is InChI=1S/C44H55N11O5/c1-44(11-12-44)60-39-21-31-34(23-45-39)49-50-40(31)33-22-37(47-27-46-33)54-15-9-29(10-16-54)25-52-19-17-51(18-20-52)24-28-7-13-53(14-8-28)35-4-3-30-32(41(35)59-2)26-55(43(30)58)36-5-6-38(56)48-42(36)57/h3-4,21-23,27-29,36H,5-20,24-26H2,1-2H3,(H,49,50)(H,48,56,57). The number of carbonyl (C=O) groups is 3. The van der Waals surface area contributed by atoms with E-state index in [1.807, 2.05) is 18.2 Å². The number of benzene rings is 1. The smallest absolute Gasteiger partial charge is 0.255 e. The van der Waals surface area contributed by atoms with E-state index in [0.717, 1.165) is 149 Å². The minimum absolute atomic E-state index is 0.101. The molecule has 60 heavy (non-hydrogen) atoms. The number of carbonyl (C=O) groups excluding carboxylic acids is 3. The number of hydrogen-bond donors (Lipinski definition) is 2. The first-order valence-electron chi connectivity index (χ1n) is 21.8. The lowest BCUT2D eigenvalue weighted by molar-refractivity contribution is -0.136. The molecule has 16 heteroatoms. The molecule has 16 nitrogen and oxygen atoms in total. The van der Waals surface area contributed by atoms with Crippen molar-refractivity contribution in [3.05, 3.63) is 47.9 Å². The predicted octanol–water partition coefficient (Wildman–Crippen LogP) is 3.87. The minimum Gasteiger partial charge on any atom is -0.494 e. The van der Waals surface area contributed by atoms with Crippen LogP contribution in [0.3, 0.4) is 0 Å². The number of aromatic nitrogens is 5. The maximum Gasteiger partial charge on any atom is 0.255 e. The molecule has 6 aliphatic rings. The van der Waals surface area contributed by atoms with Crippen molar-refractivity contribution in [3.8, 4) is 23.0 Å². The number of H-pyrrole nitrogens is 1. The molecule has 3 amide bonds. The lowest BCUT2D eigenvalue weighted by Gasteiger charge is -2.41. The molecule has 0 bridgehead atoms. The summed E-state index contributed by atoms with van der Waals surface area (Å²) >= 11 is 0. The molecule has 1 aliphatic carbocycles. The number of piperidine rings is 3. The highest BCUT2D eigenvalue weighted by atomic mass is 16.5. The molecule has 10 rings (SSSR count). The van der Waals surface area contributed by atoms with E-state index in [2.05, 4.69) is 63.1 Å². The average molecular weight is 818 g/mol. The second kappa shape index (κ2) is 15.9. The summed E-state index contributed by atoms with van der Waals surface area (Å²) in [5, 5.41) is 11.0. The van der Waals surface area contributed by atoms with E-state index in [1.54, 1.807) is 24.5 Å². The number of amides is 3. The van der Waals surface area contributed by atoms with Crippen molar-refractivity contribution < 1.29 is 23.9 Å². The fourth-order valence-corrected chi connectivity index (χ4v) is 9.99. The highest BCUT2D eigenvalue weighted by Gasteiger charge is 2.42. The SMILES string of the molecule is COc1c(N2CCC(CN3CCN(CC4CCN(c5cc(-c6n[nH]c7cnc(OC8(C)CC8)cc67)ncn5)CC4)CC3)CC2)ccc2c1CN(C1CCC(=O)NC1=O)C2=O. The van der Waals surface area contributed by atoms with Gasteiger partial charge < -0.3 is 34.0 Å². The molecule has 0 radical (unpaired) electrons. The summed E-state index contributed by atoms with van der Waals surface area (Å²) < 4.78 is 12.1. The summed E-state index contributed by atoms with van der Waals surface area (Å²) in [6.45, 7) is 13.0. The molecule has 3 aromatic heterocycles. The number of hydrogen-bond acceptors (Lipinski definition) is 13. The second-order valence-corrected chi connectivity index (χ2v) is 18.0. The number of nitrogens with zero attached hydrogens (tertiary/aromatic N) is 9. The third-order valence-electron chi connectivity index (χ3n) is 13.9. The molecule has 1 aromatic carbocycles. The Kier molecular flexibility index (Phi) is 10.3. The molecule has 1 unspecified atom stereocenters. The Bertz CT molecular complexity index is 2270. The highest BCUT2D eigenvalue weighted by molar-refractivity contribution is 6.06. The first-order valence-corrected chi connectivity index (χ1v) is 21.8. The van der Waals surface area contributed by atoms with Crippen molar-refractivity contribution in [2.24, 2.45) is 11.8 Å². The molecule has 8 heterocycles. The number of fused-ring (bicyclic) bond motifs is 2. The number of nitrogens with one attached hydrogen (secondary N) is 2. The van der Waals surface area contributed by atoms with Gasteiger partial charge in [-0.2, -0.15) is 5.10 Å². The Balaban J connectivity index is 0.673. The molecule has 5 fully saturated rings. The van der Waals surface area contributed by atoms with Gasteiger partial charge in [0.2, 0.25) is 17.7 Å². The first-order chi connectivity index (χ1) is 29.2. The lowest BCUT2D eigenvalue weighted by Crippen LogP contribution is -2.52. The number of rotatable bonds is 11. The first kappa shape index (κ1) is 38.8. The number of anilines is 2. The van der Waals surface area contributed by atoms with E-state index in [1.165, 1.54) is 0 Å². The van der Waals surface area contributed by atoms with Gasteiger partial charge in [-0.15, -0.1) is 0 Å². The molecular formula is C44H55N11O5. The summed E-state index contributed by atoms with van der Waals surface area (Å²) in [7, 11) is 1.66. The molecular weight excluding hydrogens is 763 g/mol. The molecule has 5 aliphatic heterocycles. The molecule has 1 saturated carbocycles. The molecule has 316 valence electrons. The van der Waals surface area contributed by atoms with Crippen molar-refractivity contribution in [2.75, 3.05) is 82.4 Å². The zero-order valence-corrected chi connectivity index (χ0v) is 34.7. The van der Waals surface area contributed by atoms with E-state index in [9.17, 15) is 14.4 Å². The van der Waals surface area contributed by atoms with Crippen LogP contribution >= 0.6 is 0 Å². The van der Waals surface area contributed by atoms with Crippen molar-refractivity contribution in [1.82, 2.24) is 45.2 Å². The van der Waals surface area contributed by atoms with Gasteiger partial charge in [0.05, 0.1) is 36.7 Å². The Hall–Kier alpha value is -5.35. The number of ether oxygens (including phenoxy) is 2. The summed E-state index contributed by atoms with van der Waals surface area (Å²) in [5.41, 5.74) is 4.77. The monoisotopic (exact) mass is 817 g/mol. The Morgan fingerprint density at radius 2 is 1.53 bits per heavy atom. The number of methoxy groups -OCH3 is 1. The Labute approximate surface area is 350 Å². The summed E-state index contributed by atoms with van der Waals surface area (Å²) in [4.78, 5) is 63.1. The number of imide groups is 1. The Morgan fingerprint density at radius 1 is 0.833 bits per heavy atom. The third-order valence-corrected chi connectivity index (χ3v) is 13.9. The van der Waals surface area contributed by atoms with E-state index < -0.39 is 11.9 Å². The zero-order valence-electron chi connectivity index (χ0n) is 34.7. The maximum absolute atomic E-state index is 13.4. The van der Waals surface area contributed by atoms with Gasteiger partial charge >= 0.3 is 0 Å². The summed E-state index contributed by atoms with van der Waals surface area (Å²) in [6.07, 6.45) is 10.6. The van der Waals surface area contributed by atoms with E-state index >= 15 is 0 Å². The fraction of sp³-hybridized carbons (Fsp3) is 0.568. The van der Waals surface area contributed by atoms with Crippen LogP contribution in [-0.4, -0.2) is 142 Å². The summed E-state index contributed by atoms with van der Waals surface area (Å²) in [6, 6.07) is 7.28. The van der Waals surface area contributed by atoms with Gasteiger partial charge in [0.25, 0.3) is 5.91 Å². The number of piperazine rings is 1. The van der Waals surface area contributed by atoms with Crippen LogP contribution in [0.5, 0.6) is 11.6 Å². The molecule has 0 spiro atoms. The van der Waals surface area contributed by atoms with Crippen molar-refractivity contribution in [3.63, 3.8) is 0 Å². The zero-order chi connectivity index (χ0) is 41.0. The van der Waals surface area contributed by atoms with Gasteiger partial charge in [-0.25, -0.2) is 15.0 Å². The van der Waals surface area contributed by atoms with Gasteiger partial charge in [0.1, 0.15) is 35.2 Å². The van der Waals surface area contributed by atoms with E-state index in [0.29, 0.717) is 36.2 Å². The second-order valence-electron chi connectivity index (χ2n) is 18.0. The van der Waals surface area contributed by atoms with E-state index in [4.69, 9.17) is 9.47 Å². The number of aromatic amines is 1. The van der Waals surface area contributed by atoms with Crippen LogP contribution in [0, 0.1) is 11.8 Å². The number of pyridine rings is 1. The van der Waals surface area contributed by atoms with Crippen LogP contribution in [0.15, 0.2) is 36.8 Å². The Morgan fingerprint density at radius 3 is 2.20 bits per heavy atom. The van der Waals surface area contributed by atoms with Crippen molar-refractivity contribution in [1.29, 1.82) is 0 Å². The third kappa shape index (κ3) is 7.75. The molecule has 4 aromatic rings. The summed E-state index contributed by atoms with van der Waals surface area (Å²) in [5.74, 6) is 2.77. The molecule has 1 atom stereocenters. The quantitative estimate of drug-likeness (QED) is 0.210. The minimum atomic E-state index is -0.641. The largest absolute Gasteiger partial charge is 0.494 e. The van der Waals surface area contributed by atoms with Gasteiger partial charge in [0, 0.05) is 101 Å². The van der Waals surface area contributed by atoms with Gasteiger partial charge in [0.15, 0.2) is 0 Å². The topological polar surface area (TPSA) is 165 Å². The van der Waals surface area contributed by atoms with Crippen LogP contribution in [-0.2, 0) is 16.1 Å². The van der Waals surface area contributed by atoms with Gasteiger partial charge in [-0.1, -0.05) is 0 Å². The molecule has 2 N–H and O–H groups in total. The van der Waals surface area contributed by atoms with Crippen molar-refractivity contribution >= 4 is 40.1 Å². The van der Waals surface area contributed by atoms with Crippen LogP contribution in [0.2, 0.25) is 0 Å². The van der Waals surface area contributed by atoms with Gasteiger partial charge in [-0.05, 0) is 75.8 Å². The lowest BCUT2D eigenvalue weighted by atomic mass is 9.94. The van der Waals surface area contributed by atoms with Crippen LogP contribution in [0.4, 0.5) is 11.5 Å². The maximum atomic E-state index is 13.4. The van der Waals surface area contributed by atoms with Crippen LogP contribution in [0.25, 0.3) is 22.3 Å². The highest BCUT2D eigenvalue weighted by Crippen LogP contribution is 2.42. The average Bonchev–Trinajstić information content (AvgIpc) is 3.68. The predicted molar refractivity (Wildman–Crippen MR) is 225 cm³/mol. The fourth-order valence-electron chi connectivity index (χ4n) is 9.99. The van der Waals surface area contributed by atoms with Gasteiger partial charge in [-0.3, -0.25) is 24.8 Å². The van der Waals surface area contributed by atoms with Crippen molar-refractivity contribution in [2.45, 2.75) is 76.5 Å². The molecule has 4 saturated heterocycles. The van der Waals surface area contributed by atoms with Crippen LogP contribution < -0.4 is 24.6 Å².